The molecule has 75 heavy (non-hydrogen) atoms. The number of aryl methyl sites for hydroxylation is 4. The molecule has 0 amide bonds. The molecule has 0 fully saturated rings. The quantitative estimate of drug-likeness (QED) is 0.145. The minimum absolute atomic E-state index is 0.103. The first-order valence-corrected chi connectivity index (χ1v) is 24.9. The first kappa shape index (κ1) is 46.8. The molecule has 9 aromatic carbocycles. The van der Waals surface area contributed by atoms with E-state index in [-0.39, 0.29) is 22.8 Å². The summed E-state index contributed by atoms with van der Waals surface area (Å²) in [7, 11) is 0. The lowest BCUT2D eigenvalue weighted by atomic mass is 9.96. The van der Waals surface area contributed by atoms with Crippen molar-refractivity contribution in [3.05, 3.63) is 246 Å². The van der Waals surface area contributed by atoms with Crippen molar-refractivity contribution in [2.24, 2.45) is 0 Å². The van der Waals surface area contributed by atoms with Gasteiger partial charge in [0.25, 0.3) is 0 Å². The molecule has 0 radical (unpaired) electrons. The summed E-state index contributed by atoms with van der Waals surface area (Å²) in [5.74, 6) is 0.206. The van der Waals surface area contributed by atoms with Gasteiger partial charge in [-0.15, -0.1) is 0 Å². The molecule has 8 heteroatoms. The van der Waals surface area contributed by atoms with E-state index in [1.165, 1.54) is 12.1 Å². The molecule has 0 saturated carbocycles. The number of aromatic nitrogens is 5. The van der Waals surface area contributed by atoms with Crippen LogP contribution >= 0.6 is 0 Å². The summed E-state index contributed by atoms with van der Waals surface area (Å²) in [5.41, 5.74) is 15.2. The minimum atomic E-state index is -4.81. The van der Waals surface area contributed by atoms with Gasteiger partial charge in [-0.25, -0.2) is 19.9 Å². The topological polar surface area (TPSA) is 56.5 Å². The van der Waals surface area contributed by atoms with Gasteiger partial charge < -0.3 is 4.57 Å². The van der Waals surface area contributed by atoms with Gasteiger partial charge in [-0.3, -0.25) is 0 Å². The van der Waals surface area contributed by atoms with Gasteiger partial charge in [0.05, 0.1) is 45.1 Å². The molecule has 0 aliphatic heterocycles. The number of hydrogen-bond acceptors (Lipinski definition) is 4. The second kappa shape index (κ2) is 19.0. The van der Waals surface area contributed by atoms with E-state index in [4.69, 9.17) is 19.9 Å². The Morgan fingerprint density at radius 1 is 0.333 bits per heavy atom. The van der Waals surface area contributed by atoms with E-state index in [1.54, 1.807) is 0 Å². The summed E-state index contributed by atoms with van der Waals surface area (Å²) in [4.78, 5) is 21.0. The Kier molecular flexibility index (Phi) is 11.8. The van der Waals surface area contributed by atoms with Gasteiger partial charge in [0, 0.05) is 44.2 Å². The number of hydrogen-bond donors (Lipinski definition) is 0. The normalized spacial score (nSPS) is 11.7. The zero-order valence-corrected chi connectivity index (χ0v) is 41.7. The summed E-state index contributed by atoms with van der Waals surface area (Å²) in [6, 6.07) is 70.5. The smallest absolute Gasteiger partial charge is 0.308 e. The van der Waals surface area contributed by atoms with Crippen LogP contribution in [0.1, 0.15) is 27.8 Å². The maximum absolute atomic E-state index is 16.1. The van der Waals surface area contributed by atoms with Crippen LogP contribution in [0.4, 0.5) is 13.2 Å². The summed E-state index contributed by atoms with van der Waals surface area (Å²) < 4.78 is 50.3. The zero-order valence-electron chi connectivity index (χ0n) is 41.7. The third-order valence-electron chi connectivity index (χ3n) is 14.0. The Bertz CT molecular complexity index is 3760. The summed E-state index contributed by atoms with van der Waals surface area (Å²) in [5, 5.41) is 1.82. The van der Waals surface area contributed by atoms with E-state index in [9.17, 15) is 0 Å². The van der Waals surface area contributed by atoms with E-state index in [0.717, 1.165) is 88.6 Å². The Labute approximate surface area is 433 Å². The van der Waals surface area contributed by atoms with Gasteiger partial charge in [-0.2, -0.15) is 13.2 Å². The van der Waals surface area contributed by atoms with Crippen molar-refractivity contribution in [3.63, 3.8) is 0 Å². The van der Waals surface area contributed by atoms with Crippen molar-refractivity contribution in [1.29, 1.82) is 0 Å². The maximum Gasteiger partial charge on any atom is 0.416 e. The van der Waals surface area contributed by atoms with Crippen LogP contribution in [-0.4, -0.2) is 24.5 Å². The van der Waals surface area contributed by atoms with Crippen LogP contribution in [0.15, 0.2) is 218 Å². The highest BCUT2D eigenvalue weighted by molar-refractivity contribution is 6.12. The van der Waals surface area contributed by atoms with Gasteiger partial charge in [-0.1, -0.05) is 193 Å². The molecular weight excluding hydrogens is 932 g/mol. The second-order valence-electron chi connectivity index (χ2n) is 19.2. The van der Waals surface area contributed by atoms with Crippen LogP contribution in [0, 0.1) is 27.7 Å². The molecule has 0 N–H and O–H groups in total. The lowest BCUT2D eigenvalue weighted by Gasteiger charge is -2.22. The minimum Gasteiger partial charge on any atom is -0.308 e. The van der Waals surface area contributed by atoms with Crippen LogP contribution in [0.3, 0.4) is 0 Å². The molecule has 0 saturated heterocycles. The van der Waals surface area contributed by atoms with Gasteiger partial charge in [-0.05, 0) is 97.5 Å². The highest BCUT2D eigenvalue weighted by atomic mass is 19.4. The largest absolute Gasteiger partial charge is 0.416 e. The molecule has 362 valence electrons. The monoisotopic (exact) mass is 979 g/mol. The van der Waals surface area contributed by atoms with Crippen molar-refractivity contribution in [2.45, 2.75) is 33.9 Å². The fourth-order valence-corrected chi connectivity index (χ4v) is 10.4. The van der Waals surface area contributed by atoms with Crippen molar-refractivity contribution in [3.8, 4) is 95.7 Å². The number of rotatable bonds is 9. The van der Waals surface area contributed by atoms with Crippen molar-refractivity contribution in [1.82, 2.24) is 24.5 Å². The van der Waals surface area contributed by atoms with Crippen molar-refractivity contribution in [2.75, 3.05) is 0 Å². The fraction of sp³-hybridized carbons (Fsp3) is 0.0746. The highest BCUT2D eigenvalue weighted by Crippen LogP contribution is 2.46. The third-order valence-corrected chi connectivity index (χ3v) is 14.0. The molecule has 3 heterocycles. The first-order chi connectivity index (χ1) is 36.4. The maximum atomic E-state index is 16.1. The summed E-state index contributed by atoms with van der Waals surface area (Å²) in [6.45, 7) is 8.37. The first-order valence-electron chi connectivity index (χ1n) is 24.9. The lowest BCUT2D eigenvalue weighted by Crippen LogP contribution is -2.11. The summed E-state index contributed by atoms with van der Waals surface area (Å²) >= 11 is 0. The van der Waals surface area contributed by atoms with E-state index < -0.39 is 11.7 Å². The molecule has 0 bridgehead atoms. The standard InChI is InChI=1S/C67H48F3N5/c1-41-25-29-52(43(3)33-41)49-27-31-54-55-32-28-50(53-30-26-42(2)34-44(53)4)36-63(55)75(62(54)35-49)64-56(65-71-58(45-17-9-5-10-18-45)39-59(72-65)46-19-11-6-12-20-46)37-51(67(68,69)70)38-57(64)66-73-60(47-21-13-7-14-22-47)40-61(74-66)48-23-15-8-16-24-48/h5-40H,1-4H3. The number of benzene rings is 9. The van der Waals surface area contributed by atoms with Crippen molar-refractivity contribution >= 4 is 21.8 Å². The van der Waals surface area contributed by atoms with Gasteiger partial charge >= 0.3 is 6.18 Å². The summed E-state index contributed by atoms with van der Waals surface area (Å²) in [6.07, 6.45) is -4.81. The third kappa shape index (κ3) is 8.95. The van der Waals surface area contributed by atoms with Crippen LogP contribution in [-0.2, 0) is 6.18 Å². The average Bonchev–Trinajstić information content (AvgIpc) is 3.77. The van der Waals surface area contributed by atoms with Crippen LogP contribution in [0.25, 0.3) is 118 Å². The van der Waals surface area contributed by atoms with Crippen LogP contribution in [0.2, 0.25) is 0 Å². The average molecular weight is 980 g/mol. The Hall–Kier alpha value is -9.27. The fourth-order valence-electron chi connectivity index (χ4n) is 10.4. The van der Waals surface area contributed by atoms with Crippen LogP contribution < -0.4 is 0 Å². The molecular formula is C67H48F3N5. The number of nitrogens with zero attached hydrogens (tertiary/aromatic N) is 5. The Morgan fingerprint density at radius 2 is 0.680 bits per heavy atom. The van der Waals surface area contributed by atoms with E-state index in [1.807, 2.05) is 133 Å². The molecule has 0 atom stereocenters. The number of alkyl halides is 3. The molecule has 0 unspecified atom stereocenters. The molecule has 3 aromatic heterocycles. The Morgan fingerprint density at radius 3 is 1.00 bits per heavy atom. The molecule has 0 spiro atoms. The molecule has 5 nitrogen and oxygen atoms in total. The van der Waals surface area contributed by atoms with Gasteiger partial charge in [0.2, 0.25) is 0 Å². The van der Waals surface area contributed by atoms with Gasteiger partial charge in [0.1, 0.15) is 0 Å². The second-order valence-corrected chi connectivity index (χ2v) is 19.2. The Balaban J connectivity index is 1.28. The van der Waals surface area contributed by atoms with Crippen LogP contribution in [0.5, 0.6) is 0 Å². The SMILES string of the molecule is Cc1ccc(-c2ccc3c4ccc(-c5ccc(C)cc5C)cc4n(-c4c(-c5nc(-c6ccccc6)cc(-c6ccccc6)n5)cc(C(F)(F)F)cc4-c4nc(-c5ccccc5)cc(-c5ccccc5)n4)c3c2)c(C)c1. The lowest BCUT2D eigenvalue weighted by molar-refractivity contribution is -0.137. The number of halogens is 3. The predicted octanol–water partition coefficient (Wildman–Crippen LogP) is 18.0. The van der Waals surface area contributed by atoms with Crippen molar-refractivity contribution < 1.29 is 13.2 Å². The number of fused-ring (bicyclic) bond motifs is 3. The zero-order chi connectivity index (χ0) is 51.4. The molecule has 12 aromatic rings. The van der Waals surface area contributed by atoms with E-state index >= 15 is 13.2 Å². The highest BCUT2D eigenvalue weighted by Gasteiger charge is 2.35. The molecule has 0 aliphatic rings. The van der Waals surface area contributed by atoms with E-state index in [0.29, 0.717) is 28.5 Å². The van der Waals surface area contributed by atoms with Gasteiger partial charge in [0.15, 0.2) is 11.6 Å². The molecule has 0 aliphatic carbocycles. The molecule has 12 rings (SSSR count). The van der Waals surface area contributed by atoms with E-state index in [2.05, 4.69) is 105 Å². The predicted molar refractivity (Wildman–Crippen MR) is 299 cm³/mol.